The number of amides is 2. The predicted octanol–water partition coefficient (Wildman–Crippen LogP) is 1.14. The summed E-state index contributed by atoms with van der Waals surface area (Å²) in [4.78, 5) is 19.5. The zero-order chi connectivity index (χ0) is 19.5. The molecule has 0 spiro atoms. The topological polar surface area (TPSA) is 69.5 Å². The summed E-state index contributed by atoms with van der Waals surface area (Å²) in [6, 6.07) is 0.264. The number of urea groups is 1. The second-order valence-electron chi connectivity index (χ2n) is 8.80. The first kappa shape index (κ1) is 19.6. The molecule has 8 heteroatoms. The number of piperidine rings is 1. The Hall–Kier alpha value is -1.67. The Kier molecular flexibility index (Phi) is 6.16. The van der Waals surface area contributed by atoms with Gasteiger partial charge in [-0.1, -0.05) is 0 Å². The summed E-state index contributed by atoms with van der Waals surface area (Å²) < 4.78 is 2.34. The van der Waals surface area contributed by atoms with E-state index in [1.165, 1.54) is 12.8 Å². The first-order chi connectivity index (χ1) is 13.6. The summed E-state index contributed by atoms with van der Waals surface area (Å²) in [6.45, 7) is 10.1. The number of hydrogen-bond donors (Lipinski definition) is 1. The third-order valence-electron chi connectivity index (χ3n) is 6.53. The van der Waals surface area contributed by atoms with E-state index >= 15 is 0 Å². The van der Waals surface area contributed by atoms with Crippen molar-refractivity contribution in [1.29, 1.82) is 0 Å². The fourth-order valence-corrected chi connectivity index (χ4v) is 4.74. The van der Waals surface area contributed by atoms with Crippen LogP contribution in [0.4, 0.5) is 4.79 Å². The molecule has 1 aromatic heterocycles. The van der Waals surface area contributed by atoms with Crippen molar-refractivity contribution in [3.05, 3.63) is 11.6 Å². The largest absolute Gasteiger partial charge is 0.334 e. The number of carbonyl (C=O) groups excluding carboxylic acids is 1. The van der Waals surface area contributed by atoms with Gasteiger partial charge in [0.05, 0.1) is 0 Å². The number of nitrogens with one attached hydrogen (secondary N) is 1. The van der Waals surface area contributed by atoms with Gasteiger partial charge in [-0.2, -0.15) is 0 Å². The maximum atomic E-state index is 12.7. The zero-order valence-electron chi connectivity index (χ0n) is 17.4. The van der Waals surface area contributed by atoms with Crippen LogP contribution in [-0.2, 0) is 13.0 Å². The van der Waals surface area contributed by atoms with Crippen LogP contribution in [-0.4, -0.2) is 94.4 Å². The molecule has 0 radical (unpaired) electrons. The summed E-state index contributed by atoms with van der Waals surface area (Å²) in [5, 5.41) is 12.1. The van der Waals surface area contributed by atoms with Crippen LogP contribution in [0.15, 0.2) is 0 Å². The van der Waals surface area contributed by atoms with E-state index in [1.54, 1.807) is 0 Å². The molecule has 0 aromatic carbocycles. The molecule has 4 heterocycles. The Balaban J connectivity index is 1.23. The number of rotatable bonds is 4. The number of likely N-dealkylation sites (tertiary alicyclic amines) is 1. The molecule has 1 aromatic rings. The summed E-state index contributed by atoms with van der Waals surface area (Å²) in [5.41, 5.74) is 0. The van der Waals surface area contributed by atoms with Crippen LogP contribution in [0.2, 0.25) is 0 Å². The lowest BCUT2D eigenvalue weighted by Crippen LogP contribution is -2.52. The van der Waals surface area contributed by atoms with Crippen LogP contribution in [0.25, 0.3) is 0 Å². The minimum Gasteiger partial charge on any atom is -0.334 e. The lowest BCUT2D eigenvalue weighted by atomic mass is 9.95. The summed E-state index contributed by atoms with van der Waals surface area (Å²) >= 11 is 0. The van der Waals surface area contributed by atoms with E-state index in [9.17, 15) is 4.79 Å². The first-order valence-electron chi connectivity index (χ1n) is 11.0. The Labute approximate surface area is 168 Å². The molecule has 3 aliphatic rings. The number of hydrogen-bond acceptors (Lipinski definition) is 5. The van der Waals surface area contributed by atoms with Gasteiger partial charge < -0.3 is 19.7 Å². The molecule has 3 aliphatic heterocycles. The van der Waals surface area contributed by atoms with E-state index < -0.39 is 0 Å². The third-order valence-corrected chi connectivity index (χ3v) is 6.53. The second-order valence-corrected chi connectivity index (χ2v) is 8.80. The molecule has 1 atom stereocenters. The van der Waals surface area contributed by atoms with Gasteiger partial charge >= 0.3 is 6.03 Å². The summed E-state index contributed by atoms with van der Waals surface area (Å²) in [6.07, 6.45) is 5.48. The normalized spacial score (nSPS) is 23.4. The number of carbonyl (C=O) groups is 1. The quantitative estimate of drug-likeness (QED) is 0.836. The van der Waals surface area contributed by atoms with Crippen molar-refractivity contribution in [2.45, 2.75) is 57.5 Å². The molecule has 2 saturated heterocycles. The average Bonchev–Trinajstić information content (AvgIpc) is 3.14. The van der Waals surface area contributed by atoms with Gasteiger partial charge in [0, 0.05) is 70.7 Å². The first-order valence-corrected chi connectivity index (χ1v) is 11.0. The van der Waals surface area contributed by atoms with Crippen LogP contribution >= 0.6 is 0 Å². The van der Waals surface area contributed by atoms with E-state index in [0.717, 1.165) is 83.3 Å². The van der Waals surface area contributed by atoms with Gasteiger partial charge in [0.25, 0.3) is 0 Å². The van der Waals surface area contributed by atoms with E-state index in [1.807, 2.05) is 4.90 Å². The highest BCUT2D eigenvalue weighted by molar-refractivity contribution is 5.74. The van der Waals surface area contributed by atoms with Crippen LogP contribution in [0, 0.1) is 0 Å². The maximum absolute atomic E-state index is 12.7. The average molecular weight is 390 g/mol. The maximum Gasteiger partial charge on any atom is 0.317 e. The number of likely N-dealkylation sites (N-methyl/N-ethyl adjacent to an activating group) is 1. The molecule has 156 valence electrons. The van der Waals surface area contributed by atoms with Crippen LogP contribution in [0.1, 0.15) is 50.2 Å². The monoisotopic (exact) mass is 389 g/mol. The molecule has 1 N–H and O–H groups in total. The number of piperazine rings is 1. The van der Waals surface area contributed by atoms with Crippen molar-refractivity contribution >= 4 is 6.03 Å². The fraction of sp³-hybridized carbons (Fsp3) is 0.850. The van der Waals surface area contributed by atoms with Gasteiger partial charge in [0.15, 0.2) is 0 Å². The zero-order valence-corrected chi connectivity index (χ0v) is 17.4. The molecular weight excluding hydrogens is 354 g/mol. The van der Waals surface area contributed by atoms with Crippen molar-refractivity contribution in [3.8, 4) is 0 Å². The van der Waals surface area contributed by atoms with Crippen molar-refractivity contribution in [3.63, 3.8) is 0 Å². The summed E-state index contributed by atoms with van der Waals surface area (Å²) in [5.74, 6) is 2.74. The van der Waals surface area contributed by atoms with E-state index in [0.29, 0.717) is 5.92 Å². The molecule has 28 heavy (non-hydrogen) atoms. The molecule has 2 amide bonds. The summed E-state index contributed by atoms with van der Waals surface area (Å²) in [7, 11) is 2.17. The fourth-order valence-electron chi connectivity index (χ4n) is 4.74. The molecular formula is C20H35N7O. The SMILES string of the molecule is CC(CN1CCN(C)CC1)NC(=O)N1CCC(c2nnc3n2CCCC3)CC1. The van der Waals surface area contributed by atoms with Crippen LogP contribution < -0.4 is 5.32 Å². The number of aryl methyl sites for hydroxylation is 1. The van der Waals surface area contributed by atoms with E-state index in [-0.39, 0.29) is 12.1 Å². The molecule has 8 nitrogen and oxygen atoms in total. The molecule has 0 aliphatic carbocycles. The van der Waals surface area contributed by atoms with Crippen LogP contribution in [0.3, 0.4) is 0 Å². The van der Waals surface area contributed by atoms with Gasteiger partial charge in [-0.15, -0.1) is 10.2 Å². The van der Waals surface area contributed by atoms with Gasteiger partial charge in [-0.25, -0.2) is 4.79 Å². The Morgan fingerprint density at radius 3 is 2.57 bits per heavy atom. The van der Waals surface area contributed by atoms with Gasteiger partial charge in [0.1, 0.15) is 11.6 Å². The second kappa shape index (κ2) is 8.78. The third kappa shape index (κ3) is 4.49. The predicted molar refractivity (Wildman–Crippen MR) is 108 cm³/mol. The molecule has 0 saturated carbocycles. The molecule has 0 bridgehead atoms. The van der Waals surface area contributed by atoms with Crippen molar-refractivity contribution < 1.29 is 4.79 Å². The highest BCUT2D eigenvalue weighted by atomic mass is 16.2. The van der Waals surface area contributed by atoms with Gasteiger partial charge in [-0.3, -0.25) is 4.90 Å². The Bertz CT molecular complexity index is 660. The van der Waals surface area contributed by atoms with E-state index in [2.05, 4.69) is 43.9 Å². The smallest absolute Gasteiger partial charge is 0.317 e. The lowest BCUT2D eigenvalue weighted by Gasteiger charge is -2.35. The van der Waals surface area contributed by atoms with Gasteiger partial charge in [0.2, 0.25) is 0 Å². The Morgan fingerprint density at radius 1 is 1.07 bits per heavy atom. The highest BCUT2D eigenvalue weighted by Gasteiger charge is 2.29. The van der Waals surface area contributed by atoms with Crippen molar-refractivity contribution in [2.24, 2.45) is 0 Å². The lowest BCUT2D eigenvalue weighted by molar-refractivity contribution is 0.139. The molecule has 1 unspecified atom stereocenters. The number of nitrogens with zero attached hydrogens (tertiary/aromatic N) is 6. The standard InChI is InChI=1S/C20H35N7O/c1-16(15-25-13-11-24(2)12-14-25)21-20(28)26-9-6-17(7-10-26)19-23-22-18-5-3-4-8-27(18)19/h16-17H,3-15H2,1-2H3,(H,21,28). The van der Waals surface area contributed by atoms with Crippen molar-refractivity contribution in [1.82, 2.24) is 34.8 Å². The minimum atomic E-state index is 0.0864. The van der Waals surface area contributed by atoms with Crippen molar-refractivity contribution in [2.75, 3.05) is 52.9 Å². The molecule has 4 rings (SSSR count). The van der Waals surface area contributed by atoms with Gasteiger partial charge in [-0.05, 0) is 39.7 Å². The van der Waals surface area contributed by atoms with E-state index in [4.69, 9.17) is 0 Å². The minimum absolute atomic E-state index is 0.0864. The Morgan fingerprint density at radius 2 is 1.82 bits per heavy atom. The number of aromatic nitrogens is 3. The highest BCUT2D eigenvalue weighted by Crippen LogP contribution is 2.29. The molecule has 2 fully saturated rings. The van der Waals surface area contributed by atoms with Crippen LogP contribution in [0.5, 0.6) is 0 Å². The number of fused-ring (bicyclic) bond motifs is 1.